The summed E-state index contributed by atoms with van der Waals surface area (Å²) in [6.45, 7) is 2.47. The average molecular weight is 578 g/mol. The van der Waals surface area contributed by atoms with Gasteiger partial charge in [-0.05, 0) is 67.9 Å². The summed E-state index contributed by atoms with van der Waals surface area (Å²) in [7, 11) is 4.09. The first-order chi connectivity index (χ1) is 19.7. The van der Waals surface area contributed by atoms with E-state index >= 15 is 4.39 Å². The fourth-order valence-corrected chi connectivity index (χ4v) is 6.91. The highest BCUT2D eigenvalue weighted by molar-refractivity contribution is 6.35. The average Bonchev–Trinajstić information content (AvgIpc) is 3.64. The number of aliphatic hydroxyl groups is 1. The molecule has 1 saturated carbocycles. The quantitative estimate of drug-likeness (QED) is 0.294. The number of piperazine rings is 1. The third-order valence-corrected chi connectivity index (χ3v) is 8.97. The SMILES string of the molecule is CN(C)CC1(COc2nc(N3C[C@H]4C[C@@H](O)[C@@H](C3)N4)c3cc(Cl)c(-c4cc(O)cc5ccccc45)c(F)c3n2)CC1. The Hall–Kier alpha value is -3.24. The Bertz CT molecular complexity index is 1660. The highest BCUT2D eigenvalue weighted by Crippen LogP contribution is 2.47. The molecule has 3 aromatic carbocycles. The number of hydrogen-bond donors (Lipinski definition) is 3. The van der Waals surface area contributed by atoms with E-state index in [1.54, 1.807) is 12.1 Å². The molecule has 0 amide bonds. The molecule has 1 aromatic heterocycles. The molecular weight excluding hydrogens is 545 g/mol. The molecule has 4 aromatic rings. The van der Waals surface area contributed by atoms with Crippen LogP contribution >= 0.6 is 11.6 Å². The van der Waals surface area contributed by atoms with Crippen molar-refractivity contribution < 1.29 is 19.3 Å². The van der Waals surface area contributed by atoms with E-state index in [-0.39, 0.29) is 45.4 Å². The number of aromatic hydroxyl groups is 1. The minimum absolute atomic E-state index is 0.0205. The third-order valence-electron chi connectivity index (χ3n) is 8.67. The fraction of sp³-hybridized carbons (Fsp3) is 0.419. The second kappa shape index (κ2) is 9.94. The maximum Gasteiger partial charge on any atom is 0.319 e. The Balaban J connectivity index is 1.37. The predicted octanol–water partition coefficient (Wildman–Crippen LogP) is 4.58. The monoisotopic (exact) mass is 577 g/mol. The van der Waals surface area contributed by atoms with Crippen LogP contribution in [0.5, 0.6) is 11.8 Å². The van der Waals surface area contributed by atoms with E-state index in [0.717, 1.165) is 30.2 Å². The smallest absolute Gasteiger partial charge is 0.319 e. The molecule has 41 heavy (non-hydrogen) atoms. The highest BCUT2D eigenvalue weighted by Gasteiger charge is 2.44. The molecule has 8 nitrogen and oxygen atoms in total. The van der Waals surface area contributed by atoms with Crippen LogP contribution < -0.4 is 15.0 Å². The van der Waals surface area contributed by atoms with Crippen molar-refractivity contribution >= 4 is 39.1 Å². The van der Waals surface area contributed by atoms with Crippen molar-refractivity contribution in [3.63, 3.8) is 0 Å². The Morgan fingerprint density at radius 2 is 1.95 bits per heavy atom. The number of nitrogens with one attached hydrogen (secondary N) is 1. The van der Waals surface area contributed by atoms with Gasteiger partial charge in [0.25, 0.3) is 0 Å². The number of nitrogens with zero attached hydrogens (tertiary/aromatic N) is 4. The zero-order chi connectivity index (χ0) is 28.5. The van der Waals surface area contributed by atoms with Gasteiger partial charge >= 0.3 is 6.01 Å². The number of ether oxygens (including phenoxy) is 1. The molecule has 7 rings (SSSR count). The van der Waals surface area contributed by atoms with Crippen molar-refractivity contribution in [3.05, 3.63) is 53.3 Å². The van der Waals surface area contributed by atoms with Crippen LogP contribution in [-0.4, -0.2) is 83.6 Å². The second-order valence-electron chi connectivity index (χ2n) is 12.2. The number of aliphatic hydroxyl groups excluding tert-OH is 1. The molecule has 3 fully saturated rings. The maximum atomic E-state index is 16.7. The molecule has 10 heteroatoms. The lowest BCUT2D eigenvalue weighted by molar-refractivity contribution is 0.162. The van der Waals surface area contributed by atoms with Crippen molar-refractivity contribution in [1.29, 1.82) is 0 Å². The number of benzene rings is 3. The van der Waals surface area contributed by atoms with E-state index in [0.29, 0.717) is 42.9 Å². The van der Waals surface area contributed by atoms with E-state index in [9.17, 15) is 10.2 Å². The number of aromatic nitrogens is 2. The number of phenols is 1. The molecule has 0 spiro atoms. The van der Waals surface area contributed by atoms with Gasteiger partial charge in [0.1, 0.15) is 17.1 Å². The third kappa shape index (κ3) is 4.84. The molecule has 2 aliphatic heterocycles. The second-order valence-corrected chi connectivity index (χ2v) is 12.6. The van der Waals surface area contributed by atoms with Gasteiger partial charge in [-0.15, -0.1) is 0 Å². The van der Waals surface area contributed by atoms with Gasteiger partial charge < -0.3 is 30.1 Å². The normalized spacial score (nSPS) is 23.1. The summed E-state index contributed by atoms with van der Waals surface area (Å²) >= 11 is 6.83. The summed E-state index contributed by atoms with van der Waals surface area (Å²) in [4.78, 5) is 13.6. The van der Waals surface area contributed by atoms with Crippen LogP contribution in [0.2, 0.25) is 5.02 Å². The number of halogens is 2. The first kappa shape index (κ1) is 26.6. The Kier molecular flexibility index (Phi) is 6.46. The molecule has 3 N–H and O–H groups in total. The lowest BCUT2D eigenvalue weighted by Gasteiger charge is -2.34. The summed E-state index contributed by atoms with van der Waals surface area (Å²) < 4.78 is 22.9. The van der Waals surface area contributed by atoms with E-state index < -0.39 is 11.9 Å². The van der Waals surface area contributed by atoms with Crippen molar-refractivity contribution in [1.82, 2.24) is 20.2 Å². The lowest BCUT2D eigenvalue weighted by atomic mass is 9.96. The van der Waals surface area contributed by atoms with Crippen LogP contribution in [-0.2, 0) is 0 Å². The van der Waals surface area contributed by atoms with Gasteiger partial charge in [0.15, 0.2) is 5.82 Å². The number of fused-ring (bicyclic) bond motifs is 4. The number of phenolic OH excluding ortho intramolecular Hbond substituents is 1. The Labute approximate surface area is 242 Å². The van der Waals surface area contributed by atoms with Gasteiger partial charge in [0.05, 0.1) is 23.8 Å². The Morgan fingerprint density at radius 1 is 1.15 bits per heavy atom. The topological polar surface area (TPSA) is 94.0 Å². The minimum atomic E-state index is -0.593. The number of hydrogen-bond acceptors (Lipinski definition) is 8. The van der Waals surface area contributed by atoms with E-state index in [2.05, 4.69) is 20.1 Å². The van der Waals surface area contributed by atoms with Gasteiger partial charge in [0.2, 0.25) is 0 Å². The van der Waals surface area contributed by atoms with E-state index in [1.165, 1.54) is 6.07 Å². The first-order valence-electron chi connectivity index (χ1n) is 14.1. The summed E-state index contributed by atoms with van der Waals surface area (Å²) in [6.07, 6.45) is 2.33. The van der Waals surface area contributed by atoms with Gasteiger partial charge in [-0.3, -0.25) is 0 Å². The molecular formula is C31H33ClFN5O3. The van der Waals surface area contributed by atoms with Crippen molar-refractivity contribution in [2.75, 3.05) is 45.2 Å². The number of anilines is 1. The maximum absolute atomic E-state index is 16.7. The highest BCUT2D eigenvalue weighted by atomic mass is 35.5. The molecule has 3 aliphatic rings. The Morgan fingerprint density at radius 3 is 2.71 bits per heavy atom. The van der Waals surface area contributed by atoms with Gasteiger partial charge in [-0.1, -0.05) is 35.9 Å². The largest absolute Gasteiger partial charge is 0.508 e. The van der Waals surface area contributed by atoms with Crippen LogP contribution in [0.15, 0.2) is 42.5 Å². The molecule has 214 valence electrons. The molecule has 2 bridgehead atoms. The van der Waals surface area contributed by atoms with Crippen LogP contribution in [0.1, 0.15) is 19.3 Å². The first-order valence-corrected chi connectivity index (χ1v) is 14.5. The van der Waals surface area contributed by atoms with E-state index in [1.807, 2.05) is 38.4 Å². The van der Waals surface area contributed by atoms with Gasteiger partial charge in [0, 0.05) is 42.0 Å². The zero-order valence-corrected chi connectivity index (χ0v) is 23.8. The molecule has 0 unspecified atom stereocenters. The van der Waals surface area contributed by atoms with Crippen molar-refractivity contribution in [3.8, 4) is 22.9 Å². The lowest BCUT2D eigenvalue weighted by Crippen LogP contribution is -2.53. The summed E-state index contributed by atoms with van der Waals surface area (Å²) in [6, 6.07) is 12.5. The van der Waals surface area contributed by atoms with Gasteiger partial charge in [-0.25, -0.2) is 4.39 Å². The zero-order valence-electron chi connectivity index (χ0n) is 23.1. The fourth-order valence-electron chi connectivity index (χ4n) is 6.62. The molecule has 2 saturated heterocycles. The van der Waals surface area contributed by atoms with Crippen LogP contribution in [0.4, 0.5) is 10.2 Å². The van der Waals surface area contributed by atoms with Crippen molar-refractivity contribution in [2.24, 2.45) is 5.41 Å². The minimum Gasteiger partial charge on any atom is -0.508 e. The molecule has 1 aliphatic carbocycles. The van der Waals surface area contributed by atoms with Crippen LogP contribution in [0.3, 0.4) is 0 Å². The van der Waals surface area contributed by atoms with Gasteiger partial charge in [-0.2, -0.15) is 9.97 Å². The molecule has 3 heterocycles. The summed E-state index contributed by atoms with van der Waals surface area (Å²) in [5.74, 6) is -0.0300. The number of rotatable bonds is 7. The molecule has 0 radical (unpaired) electrons. The standard InChI is InChI=1S/C31H33ClFN5O3/c1-37(2)15-31(7-8-31)16-41-30-35-28-22(29(36-30)38-13-18-10-25(40)24(14-38)34-18)12-23(32)26(27(28)33)21-11-19(39)9-17-5-3-4-6-20(17)21/h3-6,9,11-12,18,24-25,34,39-40H,7-8,10,13-16H2,1-2H3/t18-,24-,25-/m1/s1. The summed E-state index contributed by atoms with van der Waals surface area (Å²) in [5.41, 5.74) is 0.813. The molecule has 3 atom stereocenters. The van der Waals surface area contributed by atoms with Crippen LogP contribution in [0.25, 0.3) is 32.8 Å². The van der Waals surface area contributed by atoms with Crippen molar-refractivity contribution in [2.45, 2.75) is 37.5 Å². The summed E-state index contributed by atoms with van der Waals surface area (Å²) in [5, 5.41) is 26.6. The predicted molar refractivity (Wildman–Crippen MR) is 158 cm³/mol. The van der Waals surface area contributed by atoms with Crippen LogP contribution in [0, 0.1) is 11.2 Å². The van der Waals surface area contributed by atoms with E-state index in [4.69, 9.17) is 21.3 Å².